The third-order valence-electron chi connectivity index (χ3n) is 4.90. The Morgan fingerprint density at radius 1 is 1.29 bits per heavy atom. The minimum Gasteiger partial charge on any atom is -0.497 e. The van der Waals surface area contributed by atoms with Crippen LogP contribution in [0.5, 0.6) is 5.75 Å². The fraction of sp³-hybridized carbons (Fsp3) is 0.647. The second-order valence-electron chi connectivity index (χ2n) is 6.05. The van der Waals surface area contributed by atoms with Gasteiger partial charge in [0.1, 0.15) is 5.75 Å². The van der Waals surface area contributed by atoms with Gasteiger partial charge in [0.15, 0.2) is 0 Å². The number of methoxy groups -OCH3 is 1. The van der Waals surface area contributed by atoms with Gasteiger partial charge < -0.3 is 15.2 Å². The summed E-state index contributed by atoms with van der Waals surface area (Å²) in [4.78, 5) is 2.55. The number of ether oxygens (including phenoxy) is 2. The van der Waals surface area contributed by atoms with Crippen molar-refractivity contribution in [2.24, 2.45) is 5.73 Å². The highest BCUT2D eigenvalue weighted by atomic mass is 16.5. The Kier molecular flexibility index (Phi) is 4.48. The first-order chi connectivity index (χ1) is 10.2. The summed E-state index contributed by atoms with van der Waals surface area (Å²) in [6.07, 6.45) is 3.74. The number of hydrogen-bond donors (Lipinski definition) is 1. The van der Waals surface area contributed by atoms with E-state index < -0.39 is 0 Å². The van der Waals surface area contributed by atoms with E-state index in [-0.39, 0.29) is 6.04 Å². The van der Waals surface area contributed by atoms with Gasteiger partial charge in [-0.3, -0.25) is 4.90 Å². The van der Waals surface area contributed by atoms with Crippen molar-refractivity contribution >= 4 is 0 Å². The van der Waals surface area contributed by atoms with Crippen molar-refractivity contribution in [3.05, 3.63) is 29.3 Å². The molecular formula is C17H26N2O2. The molecule has 0 bridgehead atoms. The highest BCUT2D eigenvalue weighted by Crippen LogP contribution is 2.36. The van der Waals surface area contributed by atoms with Gasteiger partial charge in [0.05, 0.1) is 13.2 Å². The normalized spacial score (nSPS) is 26.8. The summed E-state index contributed by atoms with van der Waals surface area (Å²) in [6, 6.07) is 6.83. The van der Waals surface area contributed by atoms with Gasteiger partial charge in [-0.25, -0.2) is 0 Å². The van der Waals surface area contributed by atoms with Crippen LogP contribution in [0.2, 0.25) is 0 Å². The van der Waals surface area contributed by atoms with Gasteiger partial charge in [-0.05, 0) is 49.4 Å². The number of fused-ring (bicyclic) bond motifs is 1. The van der Waals surface area contributed by atoms with Gasteiger partial charge in [0, 0.05) is 31.8 Å². The van der Waals surface area contributed by atoms with E-state index in [1.807, 2.05) is 6.07 Å². The molecule has 1 fully saturated rings. The molecule has 0 radical (unpaired) electrons. The molecule has 1 aliphatic heterocycles. The fourth-order valence-electron chi connectivity index (χ4n) is 3.72. The average Bonchev–Trinajstić information content (AvgIpc) is 2.85. The third kappa shape index (κ3) is 2.93. The molecule has 0 aromatic heterocycles. The van der Waals surface area contributed by atoms with E-state index in [1.54, 1.807) is 7.11 Å². The van der Waals surface area contributed by atoms with Crippen molar-refractivity contribution in [1.29, 1.82) is 0 Å². The second kappa shape index (κ2) is 6.34. The number of likely N-dealkylation sites (tertiary alicyclic amines) is 1. The van der Waals surface area contributed by atoms with E-state index in [0.717, 1.165) is 44.7 Å². The van der Waals surface area contributed by atoms with Gasteiger partial charge >= 0.3 is 0 Å². The number of rotatable bonds is 4. The van der Waals surface area contributed by atoms with Crippen LogP contribution >= 0.6 is 0 Å². The van der Waals surface area contributed by atoms with Crippen LogP contribution in [0.3, 0.4) is 0 Å². The lowest BCUT2D eigenvalue weighted by molar-refractivity contribution is 0.00230. The molecule has 1 saturated heterocycles. The minimum absolute atomic E-state index is 0.0961. The topological polar surface area (TPSA) is 47.7 Å². The summed E-state index contributed by atoms with van der Waals surface area (Å²) >= 11 is 0. The number of piperidine rings is 1. The van der Waals surface area contributed by atoms with Crippen LogP contribution in [0, 0.1) is 0 Å². The summed E-state index contributed by atoms with van der Waals surface area (Å²) < 4.78 is 11.1. The predicted octanol–water partition coefficient (Wildman–Crippen LogP) is 2.12. The summed E-state index contributed by atoms with van der Waals surface area (Å²) in [5.74, 6) is 0.903. The van der Waals surface area contributed by atoms with Crippen molar-refractivity contribution in [2.75, 3.05) is 26.8 Å². The minimum atomic E-state index is 0.0961. The van der Waals surface area contributed by atoms with Crippen molar-refractivity contribution in [2.45, 2.75) is 44.4 Å². The molecule has 1 aromatic carbocycles. The van der Waals surface area contributed by atoms with Gasteiger partial charge in [0.25, 0.3) is 0 Å². The van der Waals surface area contributed by atoms with Crippen LogP contribution in [0.25, 0.3) is 0 Å². The standard InChI is InChI=1S/C17H26N2O2/c1-3-21-13-6-8-19(9-7-13)16-10-12-4-5-14(20-2)11-15(12)17(16)18/h4-5,11,13,16-17H,3,6-10,18H2,1-2H3. The van der Waals surface area contributed by atoms with E-state index in [9.17, 15) is 0 Å². The lowest BCUT2D eigenvalue weighted by Gasteiger charge is -2.37. The molecule has 4 nitrogen and oxygen atoms in total. The fourth-order valence-corrected chi connectivity index (χ4v) is 3.72. The van der Waals surface area contributed by atoms with E-state index >= 15 is 0 Å². The van der Waals surface area contributed by atoms with Gasteiger partial charge in [-0.15, -0.1) is 0 Å². The SMILES string of the molecule is CCOC1CCN(C2Cc3ccc(OC)cc3C2N)CC1. The Morgan fingerprint density at radius 2 is 2.05 bits per heavy atom. The Balaban J connectivity index is 1.66. The third-order valence-corrected chi connectivity index (χ3v) is 4.90. The molecule has 2 N–H and O–H groups in total. The number of hydrogen-bond acceptors (Lipinski definition) is 4. The lowest BCUT2D eigenvalue weighted by Crippen LogP contribution is -2.46. The summed E-state index contributed by atoms with van der Waals surface area (Å²) in [5.41, 5.74) is 9.14. The van der Waals surface area contributed by atoms with Crippen molar-refractivity contribution < 1.29 is 9.47 Å². The Labute approximate surface area is 127 Å². The van der Waals surface area contributed by atoms with Crippen molar-refractivity contribution in [3.63, 3.8) is 0 Å². The highest BCUT2D eigenvalue weighted by molar-refractivity contribution is 5.42. The van der Waals surface area contributed by atoms with E-state index in [2.05, 4.69) is 24.0 Å². The first-order valence-electron chi connectivity index (χ1n) is 8.01. The maximum absolute atomic E-state index is 6.51. The Bertz CT molecular complexity index is 484. The zero-order valence-electron chi connectivity index (χ0n) is 13.0. The summed E-state index contributed by atoms with van der Waals surface area (Å²) in [5, 5.41) is 0. The molecule has 1 heterocycles. The van der Waals surface area contributed by atoms with Crippen LogP contribution in [0.15, 0.2) is 18.2 Å². The largest absolute Gasteiger partial charge is 0.497 e. The highest BCUT2D eigenvalue weighted by Gasteiger charge is 2.35. The molecule has 0 amide bonds. The van der Waals surface area contributed by atoms with E-state index in [0.29, 0.717) is 12.1 Å². The van der Waals surface area contributed by atoms with Crippen LogP contribution < -0.4 is 10.5 Å². The van der Waals surface area contributed by atoms with E-state index in [4.69, 9.17) is 15.2 Å². The molecule has 3 rings (SSSR count). The molecule has 1 aliphatic carbocycles. The van der Waals surface area contributed by atoms with Crippen molar-refractivity contribution in [1.82, 2.24) is 4.90 Å². The molecule has 4 heteroatoms. The quantitative estimate of drug-likeness (QED) is 0.923. The molecular weight excluding hydrogens is 264 g/mol. The number of nitrogens with two attached hydrogens (primary N) is 1. The predicted molar refractivity (Wildman–Crippen MR) is 83.6 cm³/mol. The summed E-state index contributed by atoms with van der Waals surface area (Å²) in [6.45, 7) is 5.07. The zero-order valence-corrected chi connectivity index (χ0v) is 13.0. The van der Waals surface area contributed by atoms with E-state index in [1.165, 1.54) is 11.1 Å². The molecule has 0 saturated carbocycles. The monoisotopic (exact) mass is 290 g/mol. The first-order valence-corrected chi connectivity index (χ1v) is 8.01. The van der Waals surface area contributed by atoms with Gasteiger partial charge in [-0.2, -0.15) is 0 Å². The molecule has 116 valence electrons. The lowest BCUT2D eigenvalue weighted by atomic mass is 10.0. The van der Waals surface area contributed by atoms with Gasteiger partial charge in [0.2, 0.25) is 0 Å². The Morgan fingerprint density at radius 3 is 2.71 bits per heavy atom. The van der Waals surface area contributed by atoms with Crippen molar-refractivity contribution in [3.8, 4) is 5.75 Å². The maximum Gasteiger partial charge on any atom is 0.119 e. The number of nitrogens with zero attached hydrogens (tertiary/aromatic N) is 1. The molecule has 2 unspecified atom stereocenters. The van der Waals surface area contributed by atoms with Crippen LogP contribution in [0.1, 0.15) is 36.9 Å². The Hall–Kier alpha value is -1.10. The first kappa shape index (κ1) is 14.8. The van der Waals surface area contributed by atoms with Crippen LogP contribution in [-0.2, 0) is 11.2 Å². The molecule has 21 heavy (non-hydrogen) atoms. The average molecular weight is 290 g/mol. The van der Waals surface area contributed by atoms with Crippen LogP contribution in [0.4, 0.5) is 0 Å². The molecule has 2 aliphatic rings. The molecule has 0 spiro atoms. The summed E-state index contributed by atoms with van der Waals surface area (Å²) in [7, 11) is 1.71. The number of benzene rings is 1. The molecule has 2 atom stereocenters. The maximum atomic E-state index is 6.51. The molecule has 1 aromatic rings. The second-order valence-corrected chi connectivity index (χ2v) is 6.05. The van der Waals surface area contributed by atoms with Gasteiger partial charge in [-0.1, -0.05) is 6.07 Å². The van der Waals surface area contributed by atoms with Crippen LogP contribution in [-0.4, -0.2) is 43.9 Å². The smallest absolute Gasteiger partial charge is 0.119 e. The zero-order chi connectivity index (χ0) is 14.8.